The predicted octanol–water partition coefficient (Wildman–Crippen LogP) is 3.15. The normalized spacial score (nSPS) is 17.0. The fraction of sp³-hybridized carbons (Fsp3) is 0.538. The van der Waals surface area contributed by atoms with Gasteiger partial charge in [0, 0.05) is 12.6 Å². The number of aromatic amines is 1. The van der Waals surface area contributed by atoms with Crippen LogP contribution < -0.4 is 4.74 Å². The average molecular weight is 263 g/mol. The quantitative estimate of drug-likeness (QED) is 0.862. The van der Waals surface area contributed by atoms with Crippen LogP contribution in [0.15, 0.2) is 12.1 Å². The topological polar surface area (TPSA) is 42.8 Å². The van der Waals surface area contributed by atoms with Gasteiger partial charge in [-0.05, 0) is 43.0 Å². The fourth-order valence-corrected chi connectivity index (χ4v) is 2.67. The van der Waals surface area contributed by atoms with Crippen LogP contribution in [0.5, 0.6) is 5.88 Å². The molecule has 1 fully saturated rings. The van der Waals surface area contributed by atoms with E-state index in [-0.39, 0.29) is 0 Å². The first-order chi connectivity index (χ1) is 8.69. The fourth-order valence-electron chi connectivity index (χ4n) is 2.40. The number of fused-ring (bicyclic) bond motifs is 1. The van der Waals surface area contributed by atoms with Crippen LogP contribution in [-0.4, -0.2) is 21.6 Å². The highest BCUT2D eigenvalue weighted by atomic mass is 32.1. The molecule has 0 aliphatic heterocycles. The number of rotatable bonds is 4. The van der Waals surface area contributed by atoms with Gasteiger partial charge in [-0.1, -0.05) is 6.92 Å². The van der Waals surface area contributed by atoms with E-state index in [1.54, 1.807) is 7.11 Å². The molecular weight excluding hydrogens is 246 g/mol. The predicted molar refractivity (Wildman–Crippen MR) is 73.4 cm³/mol. The Balaban J connectivity index is 2.02. The van der Waals surface area contributed by atoms with E-state index in [9.17, 15) is 0 Å². The van der Waals surface area contributed by atoms with Crippen LogP contribution in [0.25, 0.3) is 11.2 Å². The minimum absolute atomic E-state index is 0.629. The molecule has 0 aromatic carbocycles. The lowest BCUT2D eigenvalue weighted by Gasteiger charge is -2.11. The van der Waals surface area contributed by atoms with Crippen molar-refractivity contribution < 1.29 is 4.74 Å². The van der Waals surface area contributed by atoms with Crippen molar-refractivity contribution in [2.24, 2.45) is 11.8 Å². The first-order valence-electron chi connectivity index (χ1n) is 6.32. The Hall–Kier alpha value is -1.36. The van der Waals surface area contributed by atoms with Gasteiger partial charge in [0.1, 0.15) is 0 Å². The highest BCUT2D eigenvalue weighted by Crippen LogP contribution is 2.37. The van der Waals surface area contributed by atoms with E-state index in [4.69, 9.17) is 17.0 Å². The van der Waals surface area contributed by atoms with E-state index < -0.39 is 0 Å². The third-order valence-electron chi connectivity index (χ3n) is 3.70. The third-order valence-corrected chi connectivity index (χ3v) is 4.02. The summed E-state index contributed by atoms with van der Waals surface area (Å²) in [5, 5.41) is 0. The summed E-state index contributed by atoms with van der Waals surface area (Å²) in [5.74, 6) is 2.15. The molecule has 4 nitrogen and oxygen atoms in total. The van der Waals surface area contributed by atoms with E-state index >= 15 is 0 Å². The zero-order valence-corrected chi connectivity index (χ0v) is 11.5. The van der Waals surface area contributed by atoms with Crippen LogP contribution >= 0.6 is 12.2 Å². The number of aromatic nitrogens is 3. The molecular formula is C13H17N3OS. The Labute approximate surface area is 111 Å². The van der Waals surface area contributed by atoms with Gasteiger partial charge in [-0.3, -0.25) is 0 Å². The van der Waals surface area contributed by atoms with Gasteiger partial charge in [-0.25, -0.2) is 0 Å². The Bertz CT molecular complexity index is 627. The average Bonchev–Trinajstić information content (AvgIpc) is 3.16. The van der Waals surface area contributed by atoms with Crippen LogP contribution in [0, 0.1) is 16.6 Å². The van der Waals surface area contributed by atoms with E-state index in [2.05, 4.69) is 21.5 Å². The van der Waals surface area contributed by atoms with Gasteiger partial charge in [0.05, 0.1) is 12.6 Å². The number of hydrogen-bond acceptors (Lipinski definition) is 3. The molecule has 1 unspecified atom stereocenters. The maximum atomic E-state index is 5.38. The second-order valence-electron chi connectivity index (χ2n) is 5.08. The van der Waals surface area contributed by atoms with Crippen molar-refractivity contribution in [3.8, 4) is 5.88 Å². The van der Waals surface area contributed by atoms with E-state index in [0.717, 1.165) is 28.4 Å². The summed E-state index contributed by atoms with van der Waals surface area (Å²) < 4.78 is 8.02. The molecule has 3 rings (SSSR count). The van der Waals surface area contributed by atoms with Crippen LogP contribution in [0.1, 0.15) is 19.8 Å². The molecule has 5 heteroatoms. The van der Waals surface area contributed by atoms with Crippen molar-refractivity contribution in [1.82, 2.24) is 14.5 Å². The lowest BCUT2D eigenvalue weighted by atomic mass is 10.1. The van der Waals surface area contributed by atoms with E-state index in [1.165, 1.54) is 12.8 Å². The van der Waals surface area contributed by atoms with E-state index in [0.29, 0.717) is 11.8 Å². The van der Waals surface area contributed by atoms with Gasteiger partial charge in [0.2, 0.25) is 5.88 Å². The van der Waals surface area contributed by atoms with Crippen molar-refractivity contribution >= 4 is 23.4 Å². The Morgan fingerprint density at radius 1 is 1.56 bits per heavy atom. The summed E-state index contributed by atoms with van der Waals surface area (Å²) in [5.41, 5.74) is 1.87. The van der Waals surface area contributed by atoms with Gasteiger partial charge in [0.25, 0.3) is 0 Å². The number of H-pyrrole nitrogens is 1. The lowest BCUT2D eigenvalue weighted by molar-refractivity contribution is 0.397. The molecule has 0 saturated heterocycles. The molecule has 2 aromatic heterocycles. The summed E-state index contributed by atoms with van der Waals surface area (Å²) in [6.45, 7) is 3.22. The molecule has 0 radical (unpaired) electrons. The number of hydrogen-bond donors (Lipinski definition) is 1. The number of methoxy groups -OCH3 is 1. The highest BCUT2D eigenvalue weighted by molar-refractivity contribution is 7.71. The minimum atomic E-state index is 0.629. The maximum Gasteiger partial charge on any atom is 0.215 e. The van der Waals surface area contributed by atoms with Crippen LogP contribution in [0.3, 0.4) is 0 Å². The molecule has 1 N–H and O–H groups in total. The van der Waals surface area contributed by atoms with Gasteiger partial charge >= 0.3 is 0 Å². The monoisotopic (exact) mass is 263 g/mol. The van der Waals surface area contributed by atoms with Crippen molar-refractivity contribution in [3.63, 3.8) is 0 Å². The number of pyridine rings is 1. The first kappa shape index (κ1) is 11.7. The Morgan fingerprint density at radius 2 is 2.33 bits per heavy atom. The van der Waals surface area contributed by atoms with Crippen LogP contribution in [-0.2, 0) is 6.54 Å². The molecule has 0 amide bonds. The molecule has 1 aliphatic rings. The molecule has 2 heterocycles. The van der Waals surface area contributed by atoms with Gasteiger partial charge in [-0.15, -0.1) is 0 Å². The summed E-state index contributed by atoms with van der Waals surface area (Å²) in [7, 11) is 1.63. The molecule has 2 aromatic rings. The highest BCUT2D eigenvalue weighted by Gasteiger charge is 2.28. The molecule has 0 bridgehead atoms. The minimum Gasteiger partial charge on any atom is -0.481 e. The van der Waals surface area contributed by atoms with E-state index in [1.807, 2.05) is 12.1 Å². The smallest absolute Gasteiger partial charge is 0.215 e. The molecule has 18 heavy (non-hydrogen) atoms. The number of nitrogens with one attached hydrogen (secondary N) is 1. The number of nitrogens with zero attached hydrogens (tertiary/aromatic N) is 2. The molecule has 1 atom stereocenters. The Morgan fingerprint density at radius 3 is 3.00 bits per heavy atom. The van der Waals surface area contributed by atoms with Gasteiger partial charge in [0.15, 0.2) is 10.4 Å². The lowest BCUT2D eigenvalue weighted by Crippen LogP contribution is -2.10. The number of imidazole rings is 1. The zero-order valence-electron chi connectivity index (χ0n) is 10.6. The molecule has 1 saturated carbocycles. The second kappa shape index (κ2) is 4.39. The molecule has 0 spiro atoms. The maximum absolute atomic E-state index is 5.38. The van der Waals surface area contributed by atoms with Crippen molar-refractivity contribution in [1.29, 1.82) is 0 Å². The van der Waals surface area contributed by atoms with Crippen molar-refractivity contribution in [2.45, 2.75) is 26.3 Å². The summed E-state index contributed by atoms with van der Waals surface area (Å²) >= 11 is 5.38. The Kier molecular flexibility index (Phi) is 2.86. The van der Waals surface area contributed by atoms with Gasteiger partial charge in [-0.2, -0.15) is 4.98 Å². The van der Waals surface area contributed by atoms with Crippen molar-refractivity contribution in [3.05, 3.63) is 16.9 Å². The molecule has 1 aliphatic carbocycles. The summed E-state index contributed by atoms with van der Waals surface area (Å²) in [6, 6.07) is 3.82. The van der Waals surface area contributed by atoms with Crippen LogP contribution in [0.4, 0.5) is 0 Å². The SMILES string of the molecule is COc1ccc2[nH]c(=S)n(CC(C)C3CC3)c2n1. The summed E-state index contributed by atoms with van der Waals surface area (Å²) in [6.07, 6.45) is 2.71. The number of ether oxygens (including phenoxy) is 1. The van der Waals surface area contributed by atoms with Crippen LogP contribution in [0.2, 0.25) is 0 Å². The van der Waals surface area contributed by atoms with Gasteiger partial charge < -0.3 is 14.3 Å². The zero-order chi connectivity index (χ0) is 12.7. The largest absolute Gasteiger partial charge is 0.481 e. The first-order valence-corrected chi connectivity index (χ1v) is 6.73. The standard InChI is InChI=1S/C13H17N3OS/c1-8(9-3-4-9)7-16-12-10(14-13(16)18)5-6-11(15-12)17-2/h5-6,8-9H,3-4,7H2,1-2H3,(H,14,18). The summed E-state index contributed by atoms with van der Waals surface area (Å²) in [4.78, 5) is 7.69. The second-order valence-corrected chi connectivity index (χ2v) is 5.47. The van der Waals surface area contributed by atoms with Crippen molar-refractivity contribution in [2.75, 3.05) is 7.11 Å². The third kappa shape index (κ3) is 2.03. The molecule has 96 valence electrons.